The van der Waals surface area contributed by atoms with Crippen molar-refractivity contribution in [3.8, 4) is 11.1 Å². The standard InChI is InChI=1S/C24H23Cl2N5O2/c1-14-17(18-9-10-28-23(26)22(18)25)3-2-4-19(14)31-24(33)20-7-5-15(12-29-20)11-27-13-16-6-8-21(32)30-16/h2-5,7,9-10,12,16,27H,6,8,11,13H2,1H3,(H,30,32)(H,31,33). The van der Waals surface area contributed by atoms with Gasteiger partial charge in [0.15, 0.2) is 0 Å². The summed E-state index contributed by atoms with van der Waals surface area (Å²) < 4.78 is 0. The van der Waals surface area contributed by atoms with Gasteiger partial charge in [0.1, 0.15) is 10.8 Å². The predicted octanol–water partition coefficient (Wildman–Crippen LogP) is 4.38. The first-order chi connectivity index (χ1) is 15.9. The van der Waals surface area contributed by atoms with Gasteiger partial charge in [-0.05, 0) is 48.2 Å². The number of aromatic nitrogens is 2. The van der Waals surface area contributed by atoms with E-state index in [4.69, 9.17) is 23.2 Å². The highest BCUT2D eigenvalue weighted by Gasteiger charge is 2.20. The fourth-order valence-electron chi connectivity index (χ4n) is 3.76. The Kier molecular flexibility index (Phi) is 7.23. The smallest absolute Gasteiger partial charge is 0.274 e. The lowest BCUT2D eigenvalue weighted by Gasteiger charge is -2.14. The van der Waals surface area contributed by atoms with Crippen LogP contribution in [0.4, 0.5) is 5.69 Å². The van der Waals surface area contributed by atoms with Gasteiger partial charge in [-0.15, -0.1) is 0 Å². The molecule has 1 unspecified atom stereocenters. The molecule has 0 radical (unpaired) electrons. The summed E-state index contributed by atoms with van der Waals surface area (Å²) >= 11 is 12.4. The first kappa shape index (κ1) is 23.2. The molecule has 3 heterocycles. The van der Waals surface area contributed by atoms with Crippen LogP contribution >= 0.6 is 23.2 Å². The first-order valence-corrected chi connectivity index (χ1v) is 11.3. The Morgan fingerprint density at radius 2 is 2.00 bits per heavy atom. The van der Waals surface area contributed by atoms with Crippen molar-refractivity contribution in [1.29, 1.82) is 0 Å². The zero-order chi connectivity index (χ0) is 23.4. The zero-order valence-corrected chi connectivity index (χ0v) is 19.5. The van der Waals surface area contributed by atoms with Crippen LogP contribution in [-0.4, -0.2) is 34.4 Å². The molecule has 1 aliphatic heterocycles. The SMILES string of the molecule is Cc1c(NC(=O)c2ccc(CNCC3CCC(=O)N3)cn2)cccc1-c1ccnc(Cl)c1Cl. The summed E-state index contributed by atoms with van der Waals surface area (Å²) in [5, 5.41) is 9.76. The van der Waals surface area contributed by atoms with Crippen LogP contribution < -0.4 is 16.0 Å². The monoisotopic (exact) mass is 483 g/mol. The van der Waals surface area contributed by atoms with Crippen LogP contribution in [0.15, 0.2) is 48.8 Å². The van der Waals surface area contributed by atoms with Crippen LogP contribution in [0.5, 0.6) is 0 Å². The van der Waals surface area contributed by atoms with Gasteiger partial charge < -0.3 is 16.0 Å². The Hall–Kier alpha value is -3.00. The van der Waals surface area contributed by atoms with Crippen LogP contribution in [0.2, 0.25) is 10.2 Å². The van der Waals surface area contributed by atoms with Gasteiger partial charge in [-0.1, -0.05) is 41.4 Å². The number of nitrogens with one attached hydrogen (secondary N) is 3. The van der Waals surface area contributed by atoms with E-state index in [1.54, 1.807) is 24.5 Å². The Morgan fingerprint density at radius 1 is 1.15 bits per heavy atom. The molecule has 4 rings (SSSR count). The summed E-state index contributed by atoms with van der Waals surface area (Å²) in [5.74, 6) is -0.199. The van der Waals surface area contributed by atoms with E-state index in [9.17, 15) is 9.59 Å². The minimum atomic E-state index is -0.303. The van der Waals surface area contributed by atoms with E-state index in [2.05, 4.69) is 25.9 Å². The normalized spacial score (nSPS) is 15.4. The van der Waals surface area contributed by atoms with E-state index < -0.39 is 0 Å². The van der Waals surface area contributed by atoms with Gasteiger partial charge in [0.25, 0.3) is 5.91 Å². The Bertz CT molecular complexity index is 1180. The van der Waals surface area contributed by atoms with Crippen LogP contribution in [0, 0.1) is 6.92 Å². The minimum Gasteiger partial charge on any atom is -0.352 e. The van der Waals surface area contributed by atoms with Gasteiger partial charge in [0.05, 0.1) is 5.02 Å². The summed E-state index contributed by atoms with van der Waals surface area (Å²) in [7, 11) is 0. The summed E-state index contributed by atoms with van der Waals surface area (Å²) in [6, 6.07) is 11.1. The fraction of sp³-hybridized carbons (Fsp3) is 0.250. The molecule has 0 bridgehead atoms. The molecular weight excluding hydrogens is 461 g/mol. The summed E-state index contributed by atoms with van der Waals surface area (Å²) in [6.45, 7) is 3.22. The van der Waals surface area contributed by atoms with Gasteiger partial charge in [0, 0.05) is 49.2 Å². The molecule has 2 amide bonds. The maximum atomic E-state index is 12.8. The van der Waals surface area contributed by atoms with Crippen molar-refractivity contribution in [3.05, 3.63) is 75.8 Å². The highest BCUT2D eigenvalue weighted by atomic mass is 35.5. The van der Waals surface area contributed by atoms with Crippen molar-refractivity contribution < 1.29 is 9.59 Å². The second-order valence-electron chi connectivity index (χ2n) is 7.88. The third-order valence-corrected chi connectivity index (χ3v) is 6.35. The summed E-state index contributed by atoms with van der Waals surface area (Å²) in [6.07, 6.45) is 4.71. The number of carbonyl (C=O) groups excluding carboxylic acids is 2. The molecule has 3 N–H and O–H groups in total. The molecule has 0 saturated carbocycles. The number of pyridine rings is 2. The quantitative estimate of drug-likeness (QED) is 0.433. The van der Waals surface area contributed by atoms with E-state index in [-0.39, 0.29) is 23.0 Å². The number of hydrogen-bond donors (Lipinski definition) is 3. The number of halogens is 2. The molecule has 0 spiro atoms. The molecule has 2 aromatic heterocycles. The van der Waals surface area contributed by atoms with E-state index in [0.717, 1.165) is 28.7 Å². The predicted molar refractivity (Wildman–Crippen MR) is 129 cm³/mol. The molecule has 0 aliphatic carbocycles. The number of hydrogen-bond acceptors (Lipinski definition) is 5. The van der Waals surface area contributed by atoms with Crippen molar-refractivity contribution in [1.82, 2.24) is 20.6 Å². The number of amides is 2. The zero-order valence-electron chi connectivity index (χ0n) is 18.0. The lowest BCUT2D eigenvalue weighted by Crippen LogP contribution is -2.35. The molecule has 1 saturated heterocycles. The molecule has 1 atom stereocenters. The highest BCUT2D eigenvalue weighted by Crippen LogP contribution is 2.36. The Morgan fingerprint density at radius 3 is 2.73 bits per heavy atom. The minimum absolute atomic E-state index is 0.104. The van der Waals surface area contributed by atoms with Crippen LogP contribution in [0.3, 0.4) is 0 Å². The second kappa shape index (κ2) is 10.3. The third-order valence-electron chi connectivity index (χ3n) is 5.58. The molecule has 7 nitrogen and oxygen atoms in total. The van der Waals surface area contributed by atoms with Crippen LogP contribution in [0.25, 0.3) is 11.1 Å². The maximum absolute atomic E-state index is 12.8. The Labute approximate surface area is 201 Å². The third kappa shape index (κ3) is 5.50. The molecule has 1 aromatic carbocycles. The van der Waals surface area contributed by atoms with E-state index in [1.807, 2.05) is 31.2 Å². The van der Waals surface area contributed by atoms with Gasteiger partial charge in [-0.25, -0.2) is 4.98 Å². The van der Waals surface area contributed by atoms with Crippen molar-refractivity contribution in [3.63, 3.8) is 0 Å². The van der Waals surface area contributed by atoms with Crippen molar-refractivity contribution in [2.45, 2.75) is 32.4 Å². The molecule has 33 heavy (non-hydrogen) atoms. The molecule has 1 fully saturated rings. The average Bonchev–Trinajstić information content (AvgIpc) is 3.22. The molecule has 1 aliphatic rings. The number of benzene rings is 1. The van der Waals surface area contributed by atoms with Gasteiger partial charge >= 0.3 is 0 Å². The van der Waals surface area contributed by atoms with Gasteiger partial charge in [-0.3, -0.25) is 14.6 Å². The summed E-state index contributed by atoms with van der Waals surface area (Å²) in [5.41, 5.74) is 4.39. The second-order valence-corrected chi connectivity index (χ2v) is 8.62. The van der Waals surface area contributed by atoms with Crippen LogP contribution in [-0.2, 0) is 11.3 Å². The van der Waals surface area contributed by atoms with Crippen molar-refractivity contribution in [2.24, 2.45) is 0 Å². The summed E-state index contributed by atoms with van der Waals surface area (Å²) in [4.78, 5) is 32.3. The lowest BCUT2D eigenvalue weighted by molar-refractivity contribution is -0.119. The van der Waals surface area contributed by atoms with E-state index in [0.29, 0.717) is 35.9 Å². The number of rotatable bonds is 7. The fourth-order valence-corrected chi connectivity index (χ4v) is 4.13. The number of nitrogens with zero attached hydrogens (tertiary/aromatic N) is 2. The Balaban J connectivity index is 1.40. The maximum Gasteiger partial charge on any atom is 0.274 e. The largest absolute Gasteiger partial charge is 0.352 e. The first-order valence-electron chi connectivity index (χ1n) is 10.6. The molecule has 3 aromatic rings. The van der Waals surface area contributed by atoms with Crippen LogP contribution in [0.1, 0.15) is 34.5 Å². The average molecular weight is 484 g/mol. The topological polar surface area (TPSA) is 96.0 Å². The van der Waals surface area contributed by atoms with Crippen molar-refractivity contribution >= 4 is 40.7 Å². The molecule has 170 valence electrons. The molecule has 9 heteroatoms. The highest BCUT2D eigenvalue weighted by molar-refractivity contribution is 6.43. The van der Waals surface area contributed by atoms with Gasteiger partial charge in [-0.2, -0.15) is 0 Å². The van der Waals surface area contributed by atoms with E-state index in [1.165, 1.54) is 0 Å². The lowest BCUT2D eigenvalue weighted by atomic mass is 10.00. The number of anilines is 1. The molecular formula is C24H23Cl2N5O2. The van der Waals surface area contributed by atoms with Crippen molar-refractivity contribution in [2.75, 3.05) is 11.9 Å². The van der Waals surface area contributed by atoms with E-state index >= 15 is 0 Å². The van der Waals surface area contributed by atoms with Gasteiger partial charge in [0.2, 0.25) is 5.91 Å². The number of carbonyl (C=O) groups is 2.